The Hall–Kier alpha value is -2.69. The monoisotopic (exact) mass is 453 g/mol. The number of nitrogens with one attached hydrogen (secondary N) is 1. The molecule has 0 radical (unpaired) electrons. The molecule has 2 aromatic rings. The highest BCUT2D eigenvalue weighted by atomic mass is 32.2. The van der Waals surface area contributed by atoms with E-state index in [1.165, 1.54) is 28.6 Å². The molecule has 1 aliphatic heterocycles. The lowest BCUT2D eigenvalue weighted by atomic mass is 10.1. The molecule has 1 aliphatic rings. The smallest absolute Gasteiger partial charge is 0.324 e. The summed E-state index contributed by atoms with van der Waals surface area (Å²) >= 11 is 0. The first-order valence-corrected chi connectivity index (χ1v) is 11.1. The maximum Gasteiger partial charge on any atom is 0.418 e. The Morgan fingerprint density at radius 1 is 0.968 bits per heavy atom. The van der Waals surface area contributed by atoms with Crippen LogP contribution < -0.4 is 5.32 Å². The molecule has 1 N–H and O–H groups in total. The predicted molar refractivity (Wildman–Crippen MR) is 112 cm³/mol. The van der Waals surface area contributed by atoms with Gasteiger partial charge in [0.05, 0.1) is 17.8 Å². The first-order chi connectivity index (χ1) is 14.6. The van der Waals surface area contributed by atoms with Gasteiger partial charge in [-0.25, -0.2) is 8.42 Å². The summed E-state index contributed by atoms with van der Waals surface area (Å²) in [5, 5.41) is 3.45. The van der Waals surface area contributed by atoms with Gasteiger partial charge in [0.25, 0.3) is 0 Å². The van der Waals surface area contributed by atoms with Crippen LogP contribution in [0.5, 0.6) is 0 Å². The maximum absolute atomic E-state index is 13.1. The molecule has 1 heterocycles. The molecule has 2 aromatic carbocycles. The van der Waals surface area contributed by atoms with Crippen molar-refractivity contribution in [2.24, 2.45) is 0 Å². The molecule has 10 heteroatoms. The number of amides is 1. The van der Waals surface area contributed by atoms with Crippen LogP contribution in [0.25, 0.3) is 6.08 Å². The van der Waals surface area contributed by atoms with Crippen LogP contribution in [-0.4, -0.2) is 56.3 Å². The summed E-state index contributed by atoms with van der Waals surface area (Å²) in [6.45, 7) is 0.848. The Morgan fingerprint density at radius 3 is 2.23 bits per heavy atom. The van der Waals surface area contributed by atoms with Crippen molar-refractivity contribution >= 4 is 27.7 Å². The molecule has 1 amide bonds. The maximum atomic E-state index is 13.1. The summed E-state index contributed by atoms with van der Waals surface area (Å²) in [6, 6.07) is 13.8. The summed E-state index contributed by atoms with van der Waals surface area (Å²) in [4.78, 5) is 13.9. The number of carbonyl (C=O) groups excluding carboxylic acids is 1. The number of sulfonamides is 1. The van der Waals surface area contributed by atoms with Gasteiger partial charge < -0.3 is 5.32 Å². The third-order valence-corrected chi connectivity index (χ3v) is 6.36. The Kier molecular flexibility index (Phi) is 7.14. The number of anilines is 1. The van der Waals surface area contributed by atoms with Crippen LogP contribution in [0.4, 0.5) is 18.9 Å². The minimum Gasteiger partial charge on any atom is -0.324 e. The number of nitrogens with zero attached hydrogens (tertiary/aromatic N) is 2. The molecule has 0 bridgehead atoms. The van der Waals surface area contributed by atoms with Crippen molar-refractivity contribution in [3.8, 4) is 0 Å². The van der Waals surface area contributed by atoms with E-state index in [1.54, 1.807) is 17.0 Å². The van der Waals surface area contributed by atoms with Crippen molar-refractivity contribution in [1.29, 1.82) is 0 Å². The highest BCUT2D eigenvalue weighted by Crippen LogP contribution is 2.34. The van der Waals surface area contributed by atoms with Gasteiger partial charge in [0.1, 0.15) is 0 Å². The number of halogens is 3. The Labute approximate surface area is 179 Å². The molecule has 6 nitrogen and oxygen atoms in total. The van der Waals surface area contributed by atoms with Crippen molar-refractivity contribution in [2.45, 2.75) is 6.18 Å². The van der Waals surface area contributed by atoms with Crippen LogP contribution in [0.2, 0.25) is 0 Å². The summed E-state index contributed by atoms with van der Waals surface area (Å²) in [5.74, 6) is -0.586. The number of hydrogen-bond donors (Lipinski definition) is 1. The number of piperazine rings is 1. The minimum absolute atomic E-state index is 0.125. The Morgan fingerprint density at radius 2 is 1.58 bits per heavy atom. The van der Waals surface area contributed by atoms with Gasteiger partial charge in [-0.05, 0) is 23.8 Å². The minimum atomic E-state index is -4.57. The molecular weight excluding hydrogens is 431 g/mol. The van der Waals surface area contributed by atoms with Crippen LogP contribution in [0.3, 0.4) is 0 Å². The van der Waals surface area contributed by atoms with E-state index in [0.29, 0.717) is 13.1 Å². The molecule has 0 aliphatic carbocycles. The van der Waals surface area contributed by atoms with Gasteiger partial charge in [-0.15, -0.1) is 0 Å². The quantitative estimate of drug-likeness (QED) is 0.729. The number of benzene rings is 2. The van der Waals surface area contributed by atoms with E-state index in [1.807, 2.05) is 18.2 Å². The molecule has 166 valence electrons. The summed E-state index contributed by atoms with van der Waals surface area (Å²) in [6.07, 6.45) is -3.05. The van der Waals surface area contributed by atoms with E-state index >= 15 is 0 Å². The normalized spacial score (nSPS) is 16.5. The number of rotatable bonds is 6. The van der Waals surface area contributed by atoms with E-state index < -0.39 is 27.7 Å². The molecule has 0 unspecified atom stereocenters. The Bertz CT molecular complexity index is 1030. The topological polar surface area (TPSA) is 69.7 Å². The number of hydrogen-bond acceptors (Lipinski definition) is 4. The fourth-order valence-electron chi connectivity index (χ4n) is 3.19. The van der Waals surface area contributed by atoms with Crippen LogP contribution in [0.1, 0.15) is 11.1 Å². The molecule has 1 saturated heterocycles. The zero-order valence-corrected chi connectivity index (χ0v) is 17.4. The average molecular weight is 453 g/mol. The van der Waals surface area contributed by atoms with Crippen LogP contribution in [0.15, 0.2) is 60.0 Å². The zero-order chi connectivity index (χ0) is 22.5. The summed E-state index contributed by atoms with van der Waals surface area (Å²) in [7, 11) is -3.60. The lowest BCUT2D eigenvalue weighted by Crippen LogP contribution is -2.49. The zero-order valence-electron chi connectivity index (χ0n) is 16.5. The SMILES string of the molecule is O=C(CN1CCN(S(=O)(=O)/C=C/c2ccccc2)CC1)Nc1ccccc1C(F)(F)F. The first-order valence-electron chi connectivity index (χ1n) is 9.57. The molecule has 0 saturated carbocycles. The second-order valence-electron chi connectivity index (χ2n) is 7.03. The van der Waals surface area contributed by atoms with Gasteiger partial charge in [0.15, 0.2) is 0 Å². The fraction of sp³-hybridized carbons (Fsp3) is 0.286. The number of alkyl halides is 3. The highest BCUT2D eigenvalue weighted by molar-refractivity contribution is 7.92. The predicted octanol–water partition coefficient (Wildman–Crippen LogP) is 3.26. The van der Waals surface area contributed by atoms with Crippen molar-refractivity contribution in [1.82, 2.24) is 9.21 Å². The largest absolute Gasteiger partial charge is 0.418 e. The molecule has 0 atom stereocenters. The Balaban J connectivity index is 1.53. The van der Waals surface area contributed by atoms with E-state index in [4.69, 9.17) is 0 Å². The molecule has 1 fully saturated rings. The lowest BCUT2D eigenvalue weighted by molar-refractivity contribution is -0.137. The van der Waals surface area contributed by atoms with Crippen molar-refractivity contribution < 1.29 is 26.4 Å². The number of carbonyl (C=O) groups is 1. The molecular formula is C21H22F3N3O3S. The number of para-hydroxylation sites is 1. The van der Waals surface area contributed by atoms with Crippen molar-refractivity contribution in [2.75, 3.05) is 38.0 Å². The molecule has 0 aromatic heterocycles. The molecule has 3 rings (SSSR count). The third-order valence-electron chi connectivity index (χ3n) is 4.80. The first kappa shape index (κ1) is 23.0. The van der Waals surface area contributed by atoms with E-state index in [-0.39, 0.29) is 25.3 Å². The van der Waals surface area contributed by atoms with Crippen molar-refractivity contribution in [3.63, 3.8) is 0 Å². The van der Waals surface area contributed by atoms with Gasteiger partial charge in [-0.2, -0.15) is 17.5 Å². The van der Waals surface area contributed by atoms with E-state index in [9.17, 15) is 26.4 Å². The van der Waals surface area contributed by atoms with Gasteiger partial charge in [-0.1, -0.05) is 42.5 Å². The summed E-state index contributed by atoms with van der Waals surface area (Å²) < 4.78 is 65.5. The summed E-state index contributed by atoms with van der Waals surface area (Å²) in [5.41, 5.74) is -0.447. The standard InChI is InChI=1S/C21H22F3N3O3S/c22-21(23,24)18-8-4-5-9-19(18)25-20(28)16-26-11-13-27(14-12-26)31(29,30)15-10-17-6-2-1-3-7-17/h1-10,15H,11-14,16H2,(H,25,28)/b15-10+. The second-order valence-corrected chi connectivity index (χ2v) is 8.84. The van der Waals surface area contributed by atoms with Gasteiger partial charge in [0, 0.05) is 31.6 Å². The van der Waals surface area contributed by atoms with Crippen LogP contribution in [-0.2, 0) is 21.0 Å². The van der Waals surface area contributed by atoms with Gasteiger partial charge in [0.2, 0.25) is 15.9 Å². The van der Waals surface area contributed by atoms with Gasteiger partial charge in [-0.3, -0.25) is 9.69 Å². The lowest BCUT2D eigenvalue weighted by Gasteiger charge is -2.32. The molecule has 0 spiro atoms. The van der Waals surface area contributed by atoms with Crippen molar-refractivity contribution in [3.05, 3.63) is 71.1 Å². The second kappa shape index (κ2) is 9.63. The van der Waals surface area contributed by atoms with Crippen LogP contribution >= 0.6 is 0 Å². The third kappa shape index (κ3) is 6.39. The fourth-order valence-corrected chi connectivity index (χ4v) is 4.36. The van der Waals surface area contributed by atoms with Crippen LogP contribution in [0, 0.1) is 0 Å². The van der Waals surface area contributed by atoms with E-state index in [0.717, 1.165) is 17.0 Å². The van der Waals surface area contributed by atoms with Gasteiger partial charge >= 0.3 is 6.18 Å². The highest BCUT2D eigenvalue weighted by Gasteiger charge is 2.34. The molecule has 31 heavy (non-hydrogen) atoms. The van der Waals surface area contributed by atoms with E-state index in [2.05, 4.69) is 5.32 Å². The average Bonchev–Trinajstić information content (AvgIpc) is 2.73.